The minimum Gasteiger partial charge on any atom is -0.361 e. The van der Waals surface area contributed by atoms with Crippen LogP contribution in [-0.2, 0) is 14.3 Å². The number of benzene rings is 1. The van der Waals surface area contributed by atoms with Crippen molar-refractivity contribution in [1.29, 1.82) is 0 Å². The number of hydrogen-bond donors (Lipinski definition) is 1. The highest BCUT2D eigenvalue weighted by Crippen LogP contribution is 2.20. The van der Waals surface area contributed by atoms with Gasteiger partial charge in [0.1, 0.15) is 0 Å². The average Bonchev–Trinajstić information content (AvgIpc) is 2.61. The van der Waals surface area contributed by atoms with Gasteiger partial charge in [-0.15, -0.1) is 0 Å². The molecule has 0 aliphatic rings. The summed E-state index contributed by atoms with van der Waals surface area (Å²) in [5, 5.41) is 0.855. The topological polar surface area (TPSA) is 59.2 Å². The van der Waals surface area contributed by atoms with E-state index in [-0.39, 0.29) is 11.0 Å². The summed E-state index contributed by atoms with van der Waals surface area (Å²) >= 11 is 0. The van der Waals surface area contributed by atoms with E-state index in [9.17, 15) is 8.42 Å². The monoisotopic (exact) mass is 239 g/mol. The Labute approximate surface area is 94.4 Å². The van der Waals surface area contributed by atoms with Gasteiger partial charge < -0.3 is 4.98 Å². The summed E-state index contributed by atoms with van der Waals surface area (Å²) in [5.74, 6) is 0. The Morgan fingerprint density at radius 1 is 1.25 bits per heavy atom. The highest BCUT2D eigenvalue weighted by atomic mass is 32.2. The van der Waals surface area contributed by atoms with E-state index in [2.05, 4.69) is 4.98 Å². The predicted octanol–water partition coefficient (Wildman–Crippen LogP) is 2.28. The predicted molar refractivity (Wildman–Crippen MR) is 61.7 cm³/mol. The Morgan fingerprint density at radius 3 is 2.69 bits per heavy atom. The van der Waals surface area contributed by atoms with Gasteiger partial charge in [0.25, 0.3) is 10.1 Å². The normalized spacial score (nSPS) is 12.4. The van der Waals surface area contributed by atoms with E-state index < -0.39 is 10.1 Å². The fourth-order valence-electron chi connectivity index (χ4n) is 1.50. The van der Waals surface area contributed by atoms with Crippen LogP contribution in [0.2, 0.25) is 0 Å². The van der Waals surface area contributed by atoms with Gasteiger partial charge in [0.05, 0.1) is 11.0 Å². The second kappa shape index (κ2) is 3.92. The first-order chi connectivity index (χ1) is 7.49. The van der Waals surface area contributed by atoms with Crippen LogP contribution in [-0.4, -0.2) is 19.5 Å². The van der Waals surface area contributed by atoms with Crippen molar-refractivity contribution in [3.8, 4) is 0 Å². The number of nitrogens with one attached hydrogen (secondary N) is 1. The standard InChI is InChI=1S/C11H13NO3S/c1-8(2)15-16(13,14)10-3-4-11-9(7-10)5-6-12-11/h3-8,12H,1-2H3. The number of fused-ring (bicyclic) bond motifs is 1. The van der Waals surface area contributed by atoms with Crippen molar-refractivity contribution in [3.05, 3.63) is 30.5 Å². The molecule has 0 saturated heterocycles. The molecule has 1 aromatic heterocycles. The number of rotatable bonds is 3. The molecule has 2 rings (SSSR count). The van der Waals surface area contributed by atoms with Crippen molar-refractivity contribution in [3.63, 3.8) is 0 Å². The maximum Gasteiger partial charge on any atom is 0.297 e. The minimum absolute atomic E-state index is 0.188. The Kier molecular flexibility index (Phi) is 2.73. The summed E-state index contributed by atoms with van der Waals surface area (Å²) in [6.07, 6.45) is 1.41. The smallest absolute Gasteiger partial charge is 0.297 e. The van der Waals surface area contributed by atoms with Gasteiger partial charge in [-0.05, 0) is 38.1 Å². The van der Waals surface area contributed by atoms with E-state index in [0.29, 0.717) is 0 Å². The zero-order chi connectivity index (χ0) is 11.8. The van der Waals surface area contributed by atoms with E-state index in [4.69, 9.17) is 4.18 Å². The molecule has 16 heavy (non-hydrogen) atoms. The Morgan fingerprint density at radius 2 is 2.00 bits per heavy atom. The van der Waals surface area contributed by atoms with E-state index in [1.54, 1.807) is 32.2 Å². The van der Waals surface area contributed by atoms with Gasteiger partial charge in [-0.25, -0.2) is 0 Å². The summed E-state index contributed by atoms with van der Waals surface area (Å²) in [4.78, 5) is 3.19. The van der Waals surface area contributed by atoms with Gasteiger partial charge in [0.15, 0.2) is 0 Å². The van der Waals surface area contributed by atoms with Crippen LogP contribution in [0.15, 0.2) is 35.4 Å². The first-order valence-corrected chi connectivity index (χ1v) is 6.40. The molecule has 1 aromatic carbocycles. The molecule has 0 spiro atoms. The Balaban J connectivity index is 2.46. The Bertz CT molecular complexity index is 598. The van der Waals surface area contributed by atoms with Crippen molar-refractivity contribution in [1.82, 2.24) is 4.98 Å². The lowest BCUT2D eigenvalue weighted by molar-refractivity contribution is 0.249. The molecule has 0 aliphatic heterocycles. The van der Waals surface area contributed by atoms with E-state index in [1.165, 1.54) is 6.07 Å². The van der Waals surface area contributed by atoms with Crippen molar-refractivity contribution in [2.45, 2.75) is 24.8 Å². The van der Waals surface area contributed by atoms with Crippen LogP contribution < -0.4 is 0 Å². The Hall–Kier alpha value is -1.33. The van der Waals surface area contributed by atoms with Gasteiger partial charge in [0.2, 0.25) is 0 Å². The van der Waals surface area contributed by atoms with E-state index in [0.717, 1.165) is 10.9 Å². The van der Waals surface area contributed by atoms with Crippen molar-refractivity contribution >= 4 is 21.0 Å². The summed E-state index contributed by atoms with van der Waals surface area (Å²) in [6, 6.07) is 6.69. The quantitative estimate of drug-likeness (QED) is 0.836. The van der Waals surface area contributed by atoms with Gasteiger partial charge >= 0.3 is 0 Å². The van der Waals surface area contributed by atoms with Crippen LogP contribution in [0.5, 0.6) is 0 Å². The molecule has 86 valence electrons. The molecule has 0 saturated carbocycles. The maximum absolute atomic E-state index is 11.8. The van der Waals surface area contributed by atoms with E-state index in [1.807, 2.05) is 6.07 Å². The third-order valence-corrected chi connectivity index (χ3v) is 3.60. The first-order valence-electron chi connectivity index (χ1n) is 4.99. The molecule has 0 fully saturated rings. The zero-order valence-corrected chi connectivity index (χ0v) is 9.91. The zero-order valence-electron chi connectivity index (χ0n) is 9.10. The third kappa shape index (κ3) is 2.10. The van der Waals surface area contributed by atoms with Crippen LogP contribution in [0.4, 0.5) is 0 Å². The van der Waals surface area contributed by atoms with Crippen molar-refractivity contribution in [2.75, 3.05) is 0 Å². The van der Waals surface area contributed by atoms with Gasteiger partial charge in [-0.1, -0.05) is 0 Å². The number of hydrogen-bond acceptors (Lipinski definition) is 3. The molecular formula is C11H13NO3S. The van der Waals surface area contributed by atoms with Gasteiger partial charge in [-0.2, -0.15) is 8.42 Å². The molecule has 0 amide bonds. The van der Waals surface area contributed by atoms with Crippen LogP contribution in [0.3, 0.4) is 0 Å². The van der Waals surface area contributed by atoms with E-state index >= 15 is 0 Å². The van der Waals surface area contributed by atoms with Gasteiger partial charge in [-0.3, -0.25) is 4.18 Å². The summed E-state index contributed by atoms with van der Waals surface area (Å²) in [6.45, 7) is 3.37. The highest BCUT2D eigenvalue weighted by Gasteiger charge is 2.17. The first kappa shape index (κ1) is 11.2. The SMILES string of the molecule is CC(C)OS(=O)(=O)c1ccc2[nH]ccc2c1. The van der Waals surface area contributed by atoms with Crippen molar-refractivity contribution in [2.24, 2.45) is 0 Å². The molecule has 0 unspecified atom stereocenters. The number of aromatic nitrogens is 1. The summed E-state index contributed by atoms with van der Waals surface area (Å²) < 4.78 is 28.5. The minimum atomic E-state index is -3.64. The average molecular weight is 239 g/mol. The second-order valence-electron chi connectivity index (χ2n) is 3.83. The fourth-order valence-corrected chi connectivity index (χ4v) is 2.62. The lowest BCUT2D eigenvalue weighted by Crippen LogP contribution is -2.12. The van der Waals surface area contributed by atoms with Crippen molar-refractivity contribution < 1.29 is 12.6 Å². The number of H-pyrrole nitrogens is 1. The molecule has 0 atom stereocenters. The molecule has 2 aromatic rings. The number of aromatic amines is 1. The van der Waals surface area contributed by atoms with Crippen LogP contribution in [0.1, 0.15) is 13.8 Å². The lowest BCUT2D eigenvalue weighted by Gasteiger charge is -2.08. The summed E-state index contributed by atoms with van der Waals surface area (Å²) in [5.41, 5.74) is 0.906. The maximum atomic E-state index is 11.8. The molecule has 1 heterocycles. The van der Waals surface area contributed by atoms with Crippen LogP contribution in [0, 0.1) is 0 Å². The fraction of sp³-hybridized carbons (Fsp3) is 0.273. The molecule has 0 aliphatic carbocycles. The summed E-state index contributed by atoms with van der Waals surface area (Å²) in [7, 11) is -3.64. The molecule has 5 heteroatoms. The van der Waals surface area contributed by atoms with Crippen LogP contribution in [0.25, 0.3) is 10.9 Å². The third-order valence-electron chi connectivity index (χ3n) is 2.13. The molecule has 0 bridgehead atoms. The second-order valence-corrected chi connectivity index (χ2v) is 5.40. The molecule has 1 N–H and O–H groups in total. The van der Waals surface area contributed by atoms with Crippen LogP contribution >= 0.6 is 0 Å². The molecule has 4 nitrogen and oxygen atoms in total. The highest BCUT2D eigenvalue weighted by molar-refractivity contribution is 7.86. The molecular weight excluding hydrogens is 226 g/mol. The largest absolute Gasteiger partial charge is 0.361 e. The van der Waals surface area contributed by atoms with Gasteiger partial charge in [0, 0.05) is 17.1 Å². The lowest BCUT2D eigenvalue weighted by atomic mass is 10.2. The molecule has 0 radical (unpaired) electrons.